The van der Waals surface area contributed by atoms with Crippen LogP contribution in [0.5, 0.6) is 0 Å². The van der Waals surface area contributed by atoms with Gasteiger partial charge in [0.05, 0.1) is 5.54 Å². The van der Waals surface area contributed by atoms with Crippen molar-refractivity contribution in [1.82, 2.24) is 30.1 Å². The van der Waals surface area contributed by atoms with Crippen LogP contribution in [0.25, 0.3) is 10.9 Å². The standard InChI is InChI=1S/C29H32N6OS/c1-5-29(3,4)35-27(31-32-33-35)26(24-17-22-16-20(2)13-14-25(22)30-28(24)36)34(19-23-12-9-15-37-23)18-21-10-7-6-8-11-21/h6-17,26H,5,18-19H2,1-4H3,(H,30,36)/t26-/m1/s1. The number of nitrogens with zero attached hydrogens (tertiary/aromatic N) is 5. The highest BCUT2D eigenvalue weighted by Gasteiger charge is 2.34. The van der Waals surface area contributed by atoms with Crippen LogP contribution >= 0.6 is 11.3 Å². The normalized spacial score (nSPS) is 12.9. The zero-order valence-electron chi connectivity index (χ0n) is 21.7. The number of pyridine rings is 1. The van der Waals surface area contributed by atoms with Gasteiger partial charge in [-0.3, -0.25) is 9.69 Å². The maximum atomic E-state index is 13.7. The Morgan fingerprint density at radius 3 is 2.59 bits per heavy atom. The molecule has 0 saturated carbocycles. The van der Waals surface area contributed by atoms with Crippen molar-refractivity contribution in [3.8, 4) is 0 Å². The monoisotopic (exact) mass is 512 g/mol. The first-order valence-electron chi connectivity index (χ1n) is 12.6. The minimum Gasteiger partial charge on any atom is -0.322 e. The van der Waals surface area contributed by atoms with Crippen molar-refractivity contribution in [2.24, 2.45) is 0 Å². The Kier molecular flexibility index (Phi) is 7.04. The van der Waals surface area contributed by atoms with Gasteiger partial charge in [0, 0.05) is 29.0 Å². The van der Waals surface area contributed by atoms with E-state index in [2.05, 4.69) is 88.8 Å². The van der Waals surface area contributed by atoms with E-state index in [4.69, 9.17) is 0 Å². The molecule has 3 heterocycles. The van der Waals surface area contributed by atoms with Gasteiger partial charge in [-0.15, -0.1) is 16.4 Å². The molecule has 2 aromatic carbocycles. The first kappa shape index (κ1) is 25.0. The number of tetrazole rings is 1. The molecule has 0 amide bonds. The van der Waals surface area contributed by atoms with Gasteiger partial charge in [-0.1, -0.05) is 55.0 Å². The molecule has 0 radical (unpaired) electrons. The molecule has 5 aromatic rings. The maximum absolute atomic E-state index is 13.7. The molecule has 1 atom stereocenters. The lowest BCUT2D eigenvalue weighted by Crippen LogP contribution is -2.37. The fourth-order valence-corrected chi connectivity index (χ4v) is 5.38. The molecule has 0 bridgehead atoms. The largest absolute Gasteiger partial charge is 0.322 e. The van der Waals surface area contributed by atoms with Gasteiger partial charge < -0.3 is 4.98 Å². The molecule has 0 saturated heterocycles. The van der Waals surface area contributed by atoms with Crippen molar-refractivity contribution in [1.29, 1.82) is 0 Å². The van der Waals surface area contributed by atoms with Crippen molar-refractivity contribution in [2.75, 3.05) is 0 Å². The van der Waals surface area contributed by atoms with Crippen molar-refractivity contribution in [2.45, 2.75) is 58.8 Å². The highest BCUT2D eigenvalue weighted by atomic mass is 32.1. The minimum atomic E-state index is -0.461. The van der Waals surface area contributed by atoms with Crippen LogP contribution in [0, 0.1) is 6.92 Å². The van der Waals surface area contributed by atoms with Crippen molar-refractivity contribution in [3.05, 3.63) is 110 Å². The predicted octanol–water partition coefficient (Wildman–Crippen LogP) is 5.82. The zero-order chi connectivity index (χ0) is 26.0. The van der Waals surface area contributed by atoms with E-state index in [1.807, 2.05) is 41.1 Å². The second-order valence-corrected chi connectivity index (χ2v) is 11.2. The number of hydrogen-bond acceptors (Lipinski definition) is 6. The molecule has 0 fully saturated rings. The number of rotatable bonds is 9. The summed E-state index contributed by atoms with van der Waals surface area (Å²) < 4.78 is 1.89. The summed E-state index contributed by atoms with van der Waals surface area (Å²) in [6.07, 6.45) is 0.842. The molecule has 37 heavy (non-hydrogen) atoms. The maximum Gasteiger partial charge on any atom is 0.253 e. The topological polar surface area (TPSA) is 79.7 Å². The average molecular weight is 513 g/mol. The molecule has 8 heteroatoms. The molecule has 5 rings (SSSR count). The fourth-order valence-electron chi connectivity index (χ4n) is 4.65. The summed E-state index contributed by atoms with van der Waals surface area (Å²) in [4.78, 5) is 20.3. The van der Waals surface area contributed by atoms with Crippen LogP contribution in [0.15, 0.2) is 76.9 Å². The van der Waals surface area contributed by atoms with Crippen LogP contribution < -0.4 is 5.56 Å². The number of benzene rings is 2. The van der Waals surface area contributed by atoms with Gasteiger partial charge in [0.15, 0.2) is 5.82 Å². The number of thiophene rings is 1. The van der Waals surface area contributed by atoms with E-state index < -0.39 is 6.04 Å². The van der Waals surface area contributed by atoms with Gasteiger partial charge >= 0.3 is 0 Å². The highest BCUT2D eigenvalue weighted by Crippen LogP contribution is 2.33. The lowest BCUT2D eigenvalue weighted by atomic mass is 9.98. The lowest BCUT2D eigenvalue weighted by Gasteiger charge is -2.33. The van der Waals surface area contributed by atoms with Crippen LogP contribution in [0.2, 0.25) is 0 Å². The molecule has 0 spiro atoms. The average Bonchev–Trinajstić information content (AvgIpc) is 3.58. The fraction of sp³-hybridized carbons (Fsp3) is 0.310. The molecular formula is C29H32N6OS. The number of aromatic amines is 1. The predicted molar refractivity (Wildman–Crippen MR) is 149 cm³/mol. The number of H-pyrrole nitrogens is 1. The Hall–Kier alpha value is -3.62. The van der Waals surface area contributed by atoms with E-state index >= 15 is 0 Å². The number of hydrogen-bond donors (Lipinski definition) is 1. The molecular weight excluding hydrogens is 480 g/mol. The van der Waals surface area contributed by atoms with E-state index in [0.29, 0.717) is 24.5 Å². The van der Waals surface area contributed by atoms with Crippen molar-refractivity contribution < 1.29 is 0 Å². The van der Waals surface area contributed by atoms with E-state index in [1.54, 1.807) is 11.3 Å². The molecule has 0 unspecified atom stereocenters. The second-order valence-electron chi connectivity index (χ2n) is 10.1. The first-order valence-corrected chi connectivity index (χ1v) is 13.5. The molecule has 0 aliphatic carbocycles. The minimum absolute atomic E-state index is 0.130. The first-order chi connectivity index (χ1) is 17.9. The highest BCUT2D eigenvalue weighted by molar-refractivity contribution is 7.09. The third-order valence-corrected chi connectivity index (χ3v) is 7.89. The molecule has 0 aliphatic rings. The van der Waals surface area contributed by atoms with Crippen molar-refractivity contribution in [3.63, 3.8) is 0 Å². The van der Waals surface area contributed by atoms with E-state index in [-0.39, 0.29) is 11.1 Å². The molecule has 0 aliphatic heterocycles. The van der Waals surface area contributed by atoms with E-state index in [9.17, 15) is 4.79 Å². The van der Waals surface area contributed by atoms with Gasteiger partial charge in [-0.05, 0) is 78.2 Å². The lowest BCUT2D eigenvalue weighted by molar-refractivity contribution is 0.182. The second kappa shape index (κ2) is 10.4. The summed E-state index contributed by atoms with van der Waals surface area (Å²) in [7, 11) is 0. The van der Waals surface area contributed by atoms with Crippen LogP contribution in [0.3, 0.4) is 0 Å². The molecule has 1 N–H and O–H groups in total. The van der Waals surface area contributed by atoms with Gasteiger partial charge in [0.25, 0.3) is 5.56 Å². The van der Waals surface area contributed by atoms with Crippen LogP contribution in [0.1, 0.15) is 60.6 Å². The number of aromatic nitrogens is 5. The third kappa shape index (κ3) is 5.26. The SMILES string of the molecule is CCC(C)(C)n1nnnc1[C@@H](c1cc2cc(C)ccc2[nH]c1=O)N(Cc1ccccc1)Cc1cccs1. The zero-order valence-corrected chi connectivity index (χ0v) is 22.5. The van der Waals surface area contributed by atoms with Crippen LogP contribution in [0.4, 0.5) is 0 Å². The Morgan fingerprint density at radius 2 is 1.86 bits per heavy atom. The number of fused-ring (bicyclic) bond motifs is 1. The Balaban J connectivity index is 1.73. The Labute approximate surface area is 220 Å². The summed E-state index contributed by atoms with van der Waals surface area (Å²) in [6.45, 7) is 9.72. The van der Waals surface area contributed by atoms with Gasteiger partial charge in [-0.2, -0.15) is 0 Å². The summed E-state index contributed by atoms with van der Waals surface area (Å²) in [5, 5.41) is 16.1. The summed E-state index contributed by atoms with van der Waals surface area (Å²) in [6, 6.07) is 22.2. The van der Waals surface area contributed by atoms with E-state index in [1.165, 1.54) is 4.88 Å². The molecule has 3 aromatic heterocycles. The summed E-state index contributed by atoms with van der Waals surface area (Å²) in [5.74, 6) is 0.664. The molecule has 190 valence electrons. The Morgan fingerprint density at radius 1 is 1.05 bits per heavy atom. The van der Waals surface area contributed by atoms with E-state index in [0.717, 1.165) is 28.5 Å². The van der Waals surface area contributed by atoms with Crippen molar-refractivity contribution >= 4 is 22.2 Å². The number of nitrogens with one attached hydrogen (secondary N) is 1. The third-order valence-electron chi connectivity index (χ3n) is 7.03. The summed E-state index contributed by atoms with van der Waals surface area (Å²) in [5.41, 5.74) is 3.30. The van der Waals surface area contributed by atoms with Crippen LogP contribution in [-0.2, 0) is 18.6 Å². The smallest absolute Gasteiger partial charge is 0.253 e. The Bertz CT molecular complexity index is 1540. The van der Waals surface area contributed by atoms with Gasteiger partial charge in [-0.25, -0.2) is 4.68 Å². The quantitative estimate of drug-likeness (QED) is 0.269. The van der Waals surface area contributed by atoms with Crippen LogP contribution in [-0.4, -0.2) is 30.1 Å². The number of aryl methyl sites for hydroxylation is 1. The van der Waals surface area contributed by atoms with Gasteiger partial charge in [0.2, 0.25) is 0 Å². The van der Waals surface area contributed by atoms with Gasteiger partial charge in [0.1, 0.15) is 6.04 Å². The molecule has 7 nitrogen and oxygen atoms in total. The summed E-state index contributed by atoms with van der Waals surface area (Å²) >= 11 is 1.71.